The van der Waals surface area contributed by atoms with Crippen LogP contribution in [0.4, 0.5) is 0 Å². The smallest absolute Gasteiger partial charge is 0.240 e. The van der Waals surface area contributed by atoms with E-state index in [0.717, 1.165) is 31.2 Å². The summed E-state index contributed by atoms with van der Waals surface area (Å²) in [5, 5.41) is 9.60. The minimum Gasteiger partial charge on any atom is -0.395 e. The number of hydrogen-bond acceptors (Lipinski definition) is 4. The van der Waals surface area contributed by atoms with Crippen LogP contribution < -0.4 is 0 Å². The summed E-state index contributed by atoms with van der Waals surface area (Å²) >= 11 is 0. The van der Waals surface area contributed by atoms with Crippen LogP contribution in [0, 0.1) is 5.92 Å². The van der Waals surface area contributed by atoms with Gasteiger partial charge in [-0.2, -0.15) is 0 Å². The van der Waals surface area contributed by atoms with Crippen molar-refractivity contribution < 1.29 is 19.5 Å². The van der Waals surface area contributed by atoms with Crippen LogP contribution in [0.2, 0.25) is 0 Å². The Labute approximate surface area is 201 Å². The number of aliphatic hydroxyl groups is 1. The fraction of sp³-hybridized carbons (Fsp3) is 0.464. The molecule has 1 aliphatic heterocycles. The molecule has 1 heterocycles. The van der Waals surface area contributed by atoms with E-state index < -0.39 is 5.41 Å². The van der Waals surface area contributed by atoms with Crippen LogP contribution in [0.3, 0.4) is 0 Å². The highest BCUT2D eigenvalue weighted by molar-refractivity contribution is 6.10. The molecular formula is C28H34N2O4. The van der Waals surface area contributed by atoms with Gasteiger partial charge in [-0.25, -0.2) is 0 Å². The van der Waals surface area contributed by atoms with Crippen LogP contribution in [-0.4, -0.2) is 52.3 Å². The first kappa shape index (κ1) is 24.1. The zero-order valence-electron chi connectivity index (χ0n) is 19.7. The first-order valence-electron chi connectivity index (χ1n) is 12.4. The number of likely N-dealkylation sites (tertiary alicyclic amines) is 1. The molecule has 0 unspecified atom stereocenters. The van der Waals surface area contributed by atoms with E-state index in [1.165, 1.54) is 11.3 Å². The molecule has 34 heavy (non-hydrogen) atoms. The van der Waals surface area contributed by atoms with Gasteiger partial charge in [0.1, 0.15) is 0 Å². The average molecular weight is 463 g/mol. The normalized spacial score (nSPS) is 21.1. The predicted octanol–water partition coefficient (Wildman–Crippen LogP) is 3.67. The Bertz CT molecular complexity index is 988. The minimum absolute atomic E-state index is 0.00656. The van der Waals surface area contributed by atoms with E-state index in [0.29, 0.717) is 24.6 Å². The average Bonchev–Trinajstić information content (AvgIpc) is 3.10. The van der Waals surface area contributed by atoms with E-state index in [-0.39, 0.29) is 43.7 Å². The van der Waals surface area contributed by atoms with E-state index in [4.69, 9.17) is 0 Å². The molecule has 6 heteroatoms. The Balaban J connectivity index is 1.60. The lowest BCUT2D eigenvalue weighted by atomic mass is 9.75. The highest BCUT2D eigenvalue weighted by atomic mass is 16.3. The standard InChI is InChI=1S/C28H34N2O4/c31-17-16-29(20-22-10-4-1-5-11-22)25(32)18-28(24-14-8-3-9-15-24)19-26(33)30(27(28)34)21-23-12-6-2-7-13-23/h1,3-5,8-11,14-15,23,31H,2,6-7,12-13,16-21H2/t28-/m1/s1. The van der Waals surface area contributed by atoms with E-state index in [9.17, 15) is 19.5 Å². The molecule has 0 aromatic heterocycles. The van der Waals surface area contributed by atoms with Gasteiger partial charge in [0, 0.05) is 32.5 Å². The molecule has 0 radical (unpaired) electrons. The molecule has 180 valence electrons. The van der Waals surface area contributed by atoms with E-state index in [1.54, 1.807) is 4.90 Å². The number of carbonyl (C=O) groups is 3. The molecule has 3 amide bonds. The number of imide groups is 1. The van der Waals surface area contributed by atoms with Crippen LogP contribution in [0.5, 0.6) is 0 Å². The number of aliphatic hydroxyl groups excluding tert-OH is 1. The lowest BCUT2D eigenvalue weighted by Gasteiger charge is -2.31. The van der Waals surface area contributed by atoms with Crippen LogP contribution in [0.15, 0.2) is 60.7 Å². The summed E-state index contributed by atoms with van der Waals surface area (Å²) in [5.74, 6) is -0.342. The zero-order valence-corrected chi connectivity index (χ0v) is 19.7. The lowest BCUT2D eigenvalue weighted by Crippen LogP contribution is -2.45. The molecule has 1 N–H and O–H groups in total. The quantitative estimate of drug-likeness (QED) is 0.577. The van der Waals surface area contributed by atoms with Crippen LogP contribution in [0.25, 0.3) is 0 Å². The van der Waals surface area contributed by atoms with Crippen LogP contribution >= 0.6 is 0 Å². The number of nitrogens with zero attached hydrogens (tertiary/aromatic N) is 2. The van der Waals surface area contributed by atoms with Gasteiger partial charge in [-0.3, -0.25) is 19.3 Å². The van der Waals surface area contributed by atoms with Crippen molar-refractivity contribution >= 4 is 17.7 Å². The first-order chi connectivity index (χ1) is 16.5. The van der Waals surface area contributed by atoms with Crippen molar-refractivity contribution in [3.8, 4) is 0 Å². The molecule has 4 rings (SSSR count). The van der Waals surface area contributed by atoms with E-state index in [1.807, 2.05) is 60.7 Å². The van der Waals surface area contributed by atoms with Gasteiger partial charge in [0.05, 0.1) is 12.0 Å². The molecule has 1 saturated carbocycles. The maximum Gasteiger partial charge on any atom is 0.240 e. The summed E-state index contributed by atoms with van der Waals surface area (Å²) in [6.45, 7) is 0.800. The SMILES string of the molecule is O=C(C[C@]1(c2ccccc2)CC(=O)N(CC2CCCCC2)C1=O)N(CCO)Cc1ccccc1. The monoisotopic (exact) mass is 462 g/mol. The molecule has 2 aromatic rings. The van der Waals surface area contributed by atoms with Gasteiger partial charge in [-0.1, -0.05) is 79.9 Å². The molecule has 2 aliphatic rings. The molecule has 2 fully saturated rings. The fourth-order valence-corrected chi connectivity index (χ4v) is 5.42. The highest BCUT2D eigenvalue weighted by Crippen LogP contribution is 2.41. The van der Waals surface area contributed by atoms with Crippen molar-refractivity contribution in [1.82, 2.24) is 9.80 Å². The van der Waals surface area contributed by atoms with Crippen molar-refractivity contribution in [3.63, 3.8) is 0 Å². The summed E-state index contributed by atoms with van der Waals surface area (Å²) in [7, 11) is 0. The number of amides is 3. The fourth-order valence-electron chi connectivity index (χ4n) is 5.42. The zero-order chi connectivity index (χ0) is 24.0. The van der Waals surface area contributed by atoms with Crippen molar-refractivity contribution in [2.45, 2.75) is 56.9 Å². The molecule has 6 nitrogen and oxygen atoms in total. The highest BCUT2D eigenvalue weighted by Gasteiger charge is 2.54. The Morgan fingerprint density at radius 3 is 2.26 bits per heavy atom. The first-order valence-corrected chi connectivity index (χ1v) is 12.4. The molecule has 0 spiro atoms. The number of carbonyl (C=O) groups excluding carboxylic acids is 3. The summed E-state index contributed by atoms with van der Waals surface area (Å²) in [6.07, 6.45) is 5.48. The van der Waals surface area contributed by atoms with Gasteiger partial charge < -0.3 is 10.0 Å². The third-order valence-corrected chi connectivity index (χ3v) is 7.29. The lowest BCUT2D eigenvalue weighted by molar-refractivity contribution is -0.143. The molecule has 1 atom stereocenters. The van der Waals surface area contributed by atoms with Crippen LogP contribution in [0.1, 0.15) is 56.1 Å². The van der Waals surface area contributed by atoms with Crippen molar-refractivity contribution in [3.05, 3.63) is 71.8 Å². The van der Waals surface area contributed by atoms with Gasteiger partial charge in [0.2, 0.25) is 17.7 Å². The Morgan fingerprint density at radius 1 is 0.971 bits per heavy atom. The number of rotatable bonds is 9. The summed E-state index contributed by atoms with van der Waals surface area (Å²) in [6, 6.07) is 18.8. The van der Waals surface area contributed by atoms with Gasteiger partial charge >= 0.3 is 0 Å². The third-order valence-electron chi connectivity index (χ3n) is 7.29. The van der Waals surface area contributed by atoms with Gasteiger partial charge in [0.25, 0.3) is 0 Å². The van der Waals surface area contributed by atoms with Gasteiger partial charge in [-0.15, -0.1) is 0 Å². The maximum absolute atomic E-state index is 13.9. The molecule has 1 saturated heterocycles. The summed E-state index contributed by atoms with van der Waals surface area (Å²) in [5.41, 5.74) is 0.455. The third kappa shape index (κ3) is 5.22. The van der Waals surface area contributed by atoms with E-state index in [2.05, 4.69) is 0 Å². The van der Waals surface area contributed by atoms with E-state index >= 15 is 0 Å². The minimum atomic E-state index is -1.20. The summed E-state index contributed by atoms with van der Waals surface area (Å²) in [4.78, 5) is 43.6. The van der Waals surface area contributed by atoms with Crippen LogP contribution in [-0.2, 0) is 26.3 Å². The van der Waals surface area contributed by atoms with Crippen molar-refractivity contribution in [2.75, 3.05) is 19.7 Å². The van der Waals surface area contributed by atoms with Crippen molar-refractivity contribution in [1.29, 1.82) is 0 Å². The Kier molecular flexibility index (Phi) is 7.78. The molecule has 0 bridgehead atoms. The largest absolute Gasteiger partial charge is 0.395 e. The second kappa shape index (κ2) is 11.0. The molecular weight excluding hydrogens is 428 g/mol. The maximum atomic E-state index is 13.9. The van der Waals surface area contributed by atoms with Gasteiger partial charge in [0.15, 0.2) is 0 Å². The Morgan fingerprint density at radius 2 is 1.62 bits per heavy atom. The van der Waals surface area contributed by atoms with Gasteiger partial charge in [-0.05, 0) is 29.9 Å². The molecule has 2 aromatic carbocycles. The predicted molar refractivity (Wildman–Crippen MR) is 130 cm³/mol. The number of benzene rings is 2. The number of hydrogen-bond donors (Lipinski definition) is 1. The summed E-state index contributed by atoms with van der Waals surface area (Å²) < 4.78 is 0. The second-order valence-electron chi connectivity index (χ2n) is 9.64. The Hall–Kier alpha value is -2.99. The van der Waals surface area contributed by atoms with Crippen molar-refractivity contribution in [2.24, 2.45) is 5.92 Å². The topological polar surface area (TPSA) is 77.9 Å². The molecule has 1 aliphatic carbocycles. The second-order valence-corrected chi connectivity index (χ2v) is 9.64.